The standard InChI is InChI=1S/C29H29N3O2/c1-20-7-9-22(10-8-20)25-5-4-6-26-27(19-21(2)30-28(25)26)29(33)32-17-15-31(16-18-32)23-11-13-24(34-3)14-12-23/h4-14,19H,15-18H2,1-3H3. The number of aromatic nitrogens is 1. The lowest BCUT2D eigenvalue weighted by Gasteiger charge is -2.36. The molecular weight excluding hydrogens is 422 g/mol. The Hall–Kier alpha value is -3.86. The Morgan fingerprint density at radius 2 is 1.59 bits per heavy atom. The maximum absolute atomic E-state index is 13.6. The predicted octanol–water partition coefficient (Wildman–Crippen LogP) is 5.49. The Bertz CT molecular complexity index is 1320. The number of pyridine rings is 1. The van der Waals surface area contributed by atoms with E-state index >= 15 is 0 Å². The van der Waals surface area contributed by atoms with Crippen LogP contribution in [0.2, 0.25) is 0 Å². The molecule has 1 saturated heterocycles. The summed E-state index contributed by atoms with van der Waals surface area (Å²) in [5.41, 5.74) is 7.01. The van der Waals surface area contributed by atoms with Gasteiger partial charge in [0.2, 0.25) is 0 Å². The van der Waals surface area contributed by atoms with Crippen LogP contribution < -0.4 is 9.64 Å². The molecule has 5 rings (SSSR count). The highest BCUT2D eigenvalue weighted by Gasteiger charge is 2.24. The molecule has 3 aromatic carbocycles. The Morgan fingerprint density at radius 3 is 2.26 bits per heavy atom. The van der Waals surface area contributed by atoms with Crippen molar-refractivity contribution in [2.75, 3.05) is 38.2 Å². The number of hydrogen-bond donors (Lipinski definition) is 0. The van der Waals surface area contributed by atoms with E-state index in [4.69, 9.17) is 9.72 Å². The van der Waals surface area contributed by atoms with Crippen molar-refractivity contribution in [3.8, 4) is 16.9 Å². The zero-order valence-corrected chi connectivity index (χ0v) is 19.9. The smallest absolute Gasteiger partial charge is 0.254 e. The van der Waals surface area contributed by atoms with Crippen molar-refractivity contribution in [1.82, 2.24) is 9.88 Å². The van der Waals surface area contributed by atoms with Crippen LogP contribution in [0.25, 0.3) is 22.0 Å². The van der Waals surface area contributed by atoms with Crippen LogP contribution in [0, 0.1) is 13.8 Å². The van der Waals surface area contributed by atoms with Crippen molar-refractivity contribution in [3.05, 3.63) is 89.6 Å². The summed E-state index contributed by atoms with van der Waals surface area (Å²) in [7, 11) is 1.67. The highest BCUT2D eigenvalue weighted by molar-refractivity contribution is 6.09. The van der Waals surface area contributed by atoms with Gasteiger partial charge in [-0.25, -0.2) is 0 Å². The molecule has 2 heterocycles. The van der Waals surface area contributed by atoms with Crippen LogP contribution in [-0.4, -0.2) is 49.1 Å². The Labute approximate surface area is 200 Å². The highest BCUT2D eigenvalue weighted by atomic mass is 16.5. The summed E-state index contributed by atoms with van der Waals surface area (Å²) in [5.74, 6) is 0.924. The molecule has 172 valence electrons. The Kier molecular flexibility index (Phi) is 5.93. The molecule has 0 aliphatic carbocycles. The normalized spacial score (nSPS) is 13.9. The maximum Gasteiger partial charge on any atom is 0.254 e. The largest absolute Gasteiger partial charge is 0.497 e. The fourth-order valence-electron chi connectivity index (χ4n) is 4.65. The lowest BCUT2D eigenvalue weighted by Crippen LogP contribution is -2.48. The second-order valence-electron chi connectivity index (χ2n) is 8.86. The molecule has 0 spiro atoms. The number of para-hydroxylation sites is 1. The summed E-state index contributed by atoms with van der Waals surface area (Å²) in [6.07, 6.45) is 0. The number of amides is 1. The van der Waals surface area contributed by atoms with Crippen molar-refractivity contribution in [2.45, 2.75) is 13.8 Å². The van der Waals surface area contributed by atoms with Crippen LogP contribution in [0.5, 0.6) is 5.75 Å². The van der Waals surface area contributed by atoms with Crippen LogP contribution in [-0.2, 0) is 0 Å². The van der Waals surface area contributed by atoms with E-state index in [1.165, 1.54) is 5.56 Å². The minimum absolute atomic E-state index is 0.0749. The Balaban J connectivity index is 1.41. The molecule has 0 saturated carbocycles. The maximum atomic E-state index is 13.6. The molecule has 34 heavy (non-hydrogen) atoms. The van der Waals surface area contributed by atoms with Gasteiger partial charge in [-0.15, -0.1) is 0 Å². The first kappa shape index (κ1) is 22.0. The average molecular weight is 452 g/mol. The first-order valence-corrected chi connectivity index (χ1v) is 11.7. The minimum Gasteiger partial charge on any atom is -0.497 e. The van der Waals surface area contributed by atoms with Crippen molar-refractivity contribution in [1.29, 1.82) is 0 Å². The molecule has 1 aliphatic rings. The fourth-order valence-corrected chi connectivity index (χ4v) is 4.65. The number of nitrogens with zero attached hydrogens (tertiary/aromatic N) is 3. The average Bonchev–Trinajstić information content (AvgIpc) is 2.88. The van der Waals surface area contributed by atoms with Crippen LogP contribution in [0.4, 0.5) is 5.69 Å². The van der Waals surface area contributed by atoms with E-state index in [9.17, 15) is 4.79 Å². The zero-order valence-electron chi connectivity index (χ0n) is 19.9. The highest BCUT2D eigenvalue weighted by Crippen LogP contribution is 2.31. The summed E-state index contributed by atoms with van der Waals surface area (Å²) >= 11 is 0. The summed E-state index contributed by atoms with van der Waals surface area (Å²) in [6, 6.07) is 24.6. The Morgan fingerprint density at radius 1 is 0.882 bits per heavy atom. The van der Waals surface area contributed by atoms with E-state index in [1.54, 1.807) is 7.11 Å². The number of rotatable bonds is 4. The minimum atomic E-state index is 0.0749. The number of hydrogen-bond acceptors (Lipinski definition) is 4. The first-order valence-electron chi connectivity index (χ1n) is 11.7. The van der Waals surface area contributed by atoms with Gasteiger partial charge in [-0.05, 0) is 49.7 Å². The molecule has 0 atom stereocenters. The number of benzene rings is 3. The second-order valence-corrected chi connectivity index (χ2v) is 8.86. The predicted molar refractivity (Wildman–Crippen MR) is 138 cm³/mol. The number of carbonyl (C=O) groups is 1. The van der Waals surface area contributed by atoms with Crippen LogP contribution in [0.1, 0.15) is 21.6 Å². The second kappa shape index (κ2) is 9.18. The molecule has 1 fully saturated rings. The number of aryl methyl sites for hydroxylation is 2. The molecular formula is C29H29N3O2. The van der Waals surface area contributed by atoms with E-state index in [0.717, 1.165) is 57.8 Å². The molecule has 0 bridgehead atoms. The molecule has 1 aliphatic heterocycles. The van der Waals surface area contributed by atoms with E-state index in [-0.39, 0.29) is 5.91 Å². The summed E-state index contributed by atoms with van der Waals surface area (Å²) in [5, 5.41) is 0.909. The molecule has 5 nitrogen and oxygen atoms in total. The van der Waals surface area contributed by atoms with E-state index in [0.29, 0.717) is 13.1 Å². The number of ether oxygens (including phenoxy) is 1. The summed E-state index contributed by atoms with van der Waals surface area (Å²) in [4.78, 5) is 22.8. The molecule has 0 N–H and O–H groups in total. The van der Waals surface area contributed by atoms with Gasteiger partial charge in [-0.2, -0.15) is 0 Å². The van der Waals surface area contributed by atoms with Gasteiger partial charge in [0.25, 0.3) is 5.91 Å². The number of carbonyl (C=O) groups excluding carboxylic acids is 1. The van der Waals surface area contributed by atoms with E-state index < -0.39 is 0 Å². The van der Waals surface area contributed by atoms with Gasteiger partial charge in [0.15, 0.2) is 0 Å². The topological polar surface area (TPSA) is 45.7 Å². The third kappa shape index (κ3) is 4.21. The molecule has 0 radical (unpaired) electrons. The molecule has 0 unspecified atom stereocenters. The van der Waals surface area contributed by atoms with E-state index in [1.807, 2.05) is 42.2 Å². The SMILES string of the molecule is COc1ccc(N2CCN(C(=O)c3cc(C)nc4c(-c5ccc(C)cc5)cccc34)CC2)cc1. The van der Waals surface area contributed by atoms with E-state index in [2.05, 4.69) is 54.3 Å². The van der Waals surface area contributed by atoms with Crippen molar-refractivity contribution >= 4 is 22.5 Å². The van der Waals surface area contributed by atoms with Gasteiger partial charge in [-0.1, -0.05) is 48.0 Å². The summed E-state index contributed by atoms with van der Waals surface area (Å²) < 4.78 is 5.26. The lowest BCUT2D eigenvalue weighted by atomic mass is 9.97. The van der Waals surface area contributed by atoms with Gasteiger partial charge in [0, 0.05) is 48.5 Å². The number of methoxy groups -OCH3 is 1. The zero-order chi connectivity index (χ0) is 23.7. The van der Waals surface area contributed by atoms with Gasteiger partial charge < -0.3 is 14.5 Å². The quantitative estimate of drug-likeness (QED) is 0.412. The molecule has 1 amide bonds. The number of anilines is 1. The lowest BCUT2D eigenvalue weighted by molar-refractivity contribution is 0.0748. The van der Waals surface area contributed by atoms with Gasteiger partial charge in [0.1, 0.15) is 5.75 Å². The number of fused-ring (bicyclic) bond motifs is 1. The monoisotopic (exact) mass is 451 g/mol. The first-order chi connectivity index (χ1) is 16.5. The van der Waals surface area contributed by atoms with Gasteiger partial charge in [0.05, 0.1) is 18.2 Å². The van der Waals surface area contributed by atoms with Crippen molar-refractivity contribution in [2.24, 2.45) is 0 Å². The summed E-state index contributed by atoms with van der Waals surface area (Å²) in [6.45, 7) is 7.02. The molecule has 1 aromatic heterocycles. The van der Waals surface area contributed by atoms with Crippen LogP contribution in [0.15, 0.2) is 72.8 Å². The van der Waals surface area contributed by atoms with Gasteiger partial charge in [-0.3, -0.25) is 9.78 Å². The molecule has 5 heteroatoms. The van der Waals surface area contributed by atoms with Crippen molar-refractivity contribution in [3.63, 3.8) is 0 Å². The number of piperazine rings is 1. The van der Waals surface area contributed by atoms with Gasteiger partial charge >= 0.3 is 0 Å². The third-order valence-corrected chi connectivity index (χ3v) is 6.57. The van der Waals surface area contributed by atoms with Crippen LogP contribution in [0.3, 0.4) is 0 Å². The van der Waals surface area contributed by atoms with Crippen LogP contribution >= 0.6 is 0 Å². The van der Waals surface area contributed by atoms with Crippen molar-refractivity contribution < 1.29 is 9.53 Å². The third-order valence-electron chi connectivity index (χ3n) is 6.57. The molecule has 4 aromatic rings. The fraction of sp³-hybridized carbons (Fsp3) is 0.241.